The van der Waals surface area contributed by atoms with Gasteiger partial charge < -0.3 is 0 Å². The summed E-state index contributed by atoms with van der Waals surface area (Å²) in [5.41, 5.74) is 0.0264. The van der Waals surface area contributed by atoms with Crippen molar-refractivity contribution in [1.29, 1.82) is 0 Å². The van der Waals surface area contributed by atoms with Crippen LogP contribution in [-0.4, -0.2) is 11.6 Å². The Bertz CT molecular complexity index is 353. The molecule has 0 radical (unpaired) electrons. The molecular formula is C7H8NO4PS. The zero-order valence-electron chi connectivity index (χ0n) is 7.30. The second-order valence-electron chi connectivity index (χ2n) is 2.41. The van der Waals surface area contributed by atoms with Crippen LogP contribution in [-0.2, 0) is 8.54 Å². The molecule has 0 aliphatic carbocycles. The van der Waals surface area contributed by atoms with Crippen LogP contribution < -0.4 is 0 Å². The molecule has 0 N–H and O–H groups in total. The van der Waals surface area contributed by atoms with Crippen LogP contribution in [0.25, 0.3) is 0 Å². The van der Waals surface area contributed by atoms with Crippen LogP contribution in [0.4, 0.5) is 5.69 Å². The number of hydrogen-bond acceptors (Lipinski definition) is 5. The fourth-order valence-corrected chi connectivity index (χ4v) is 1.83. The van der Waals surface area contributed by atoms with Gasteiger partial charge in [-0.2, -0.15) is 0 Å². The summed E-state index contributed by atoms with van der Waals surface area (Å²) in [7, 11) is -1.98. The van der Waals surface area contributed by atoms with E-state index < -0.39 is 13.0 Å². The van der Waals surface area contributed by atoms with E-state index in [9.17, 15) is 14.7 Å². The van der Waals surface area contributed by atoms with Crippen molar-refractivity contribution in [3.63, 3.8) is 0 Å². The average Bonchev–Trinajstić information content (AvgIpc) is 2.15. The number of nitro benzene ring substituents is 1. The van der Waals surface area contributed by atoms with Crippen molar-refractivity contribution in [3.8, 4) is 0 Å². The van der Waals surface area contributed by atoms with Crippen molar-refractivity contribution in [2.24, 2.45) is 0 Å². The minimum atomic E-state index is -1.98. The molecule has 0 aromatic heterocycles. The van der Waals surface area contributed by atoms with Crippen molar-refractivity contribution in [2.75, 3.05) is 6.66 Å². The molecule has 0 saturated carbocycles. The molecule has 1 aromatic carbocycles. The highest BCUT2D eigenvalue weighted by atomic mass is 32.2. The Hall–Kier alpha value is -0.840. The molecule has 0 aliphatic rings. The normalized spacial score (nSPS) is 12.4. The Morgan fingerprint density at radius 2 is 2.00 bits per heavy atom. The predicted molar refractivity (Wildman–Crippen MR) is 55.0 cm³/mol. The van der Waals surface area contributed by atoms with E-state index in [1.165, 1.54) is 18.8 Å². The van der Waals surface area contributed by atoms with E-state index in [1.54, 1.807) is 12.1 Å². The SMILES string of the molecule is C[PH](=O)OSc1ccc([N+](=O)[O-])cc1. The van der Waals surface area contributed by atoms with E-state index in [-0.39, 0.29) is 5.69 Å². The first kappa shape index (κ1) is 11.2. The maximum Gasteiger partial charge on any atom is 0.269 e. The molecule has 0 heterocycles. The Labute approximate surface area is 85.7 Å². The van der Waals surface area contributed by atoms with Gasteiger partial charge in [0.25, 0.3) is 5.69 Å². The van der Waals surface area contributed by atoms with E-state index in [0.717, 1.165) is 12.0 Å². The van der Waals surface area contributed by atoms with Crippen LogP contribution in [0.5, 0.6) is 0 Å². The number of benzene rings is 1. The van der Waals surface area contributed by atoms with Crippen LogP contribution in [0, 0.1) is 10.1 Å². The third kappa shape index (κ3) is 3.49. The van der Waals surface area contributed by atoms with Gasteiger partial charge in [0, 0.05) is 35.7 Å². The summed E-state index contributed by atoms with van der Waals surface area (Å²) in [6.45, 7) is 1.48. The van der Waals surface area contributed by atoms with Crippen LogP contribution in [0.15, 0.2) is 29.2 Å². The summed E-state index contributed by atoms with van der Waals surface area (Å²) in [6, 6.07) is 5.85. The molecule has 0 spiro atoms. The summed E-state index contributed by atoms with van der Waals surface area (Å²) in [6.07, 6.45) is 0. The minimum Gasteiger partial charge on any atom is -0.296 e. The van der Waals surface area contributed by atoms with Crippen molar-refractivity contribution in [3.05, 3.63) is 34.4 Å². The molecule has 5 nitrogen and oxygen atoms in total. The maximum absolute atomic E-state index is 10.6. The van der Waals surface area contributed by atoms with Gasteiger partial charge in [-0.05, 0) is 12.1 Å². The number of rotatable bonds is 4. The van der Waals surface area contributed by atoms with E-state index in [1.807, 2.05) is 0 Å². The summed E-state index contributed by atoms with van der Waals surface area (Å²) < 4.78 is 15.4. The van der Waals surface area contributed by atoms with Crippen molar-refractivity contribution in [1.82, 2.24) is 0 Å². The van der Waals surface area contributed by atoms with E-state index >= 15 is 0 Å². The first-order valence-corrected chi connectivity index (χ1v) is 6.25. The van der Waals surface area contributed by atoms with E-state index in [0.29, 0.717) is 4.90 Å². The van der Waals surface area contributed by atoms with Crippen LogP contribution in [0.2, 0.25) is 0 Å². The van der Waals surface area contributed by atoms with Gasteiger partial charge >= 0.3 is 0 Å². The first-order chi connectivity index (χ1) is 6.59. The Balaban J connectivity index is 2.64. The molecule has 0 amide bonds. The second-order valence-corrected chi connectivity index (χ2v) is 4.70. The molecule has 1 aromatic rings. The number of hydrogen-bond donors (Lipinski definition) is 0. The molecule has 76 valence electrons. The van der Waals surface area contributed by atoms with Crippen molar-refractivity contribution < 1.29 is 13.5 Å². The molecule has 1 atom stereocenters. The highest BCUT2D eigenvalue weighted by molar-refractivity contribution is 7.97. The zero-order valence-corrected chi connectivity index (χ0v) is 9.11. The van der Waals surface area contributed by atoms with Crippen LogP contribution in [0.3, 0.4) is 0 Å². The topological polar surface area (TPSA) is 69.4 Å². The smallest absolute Gasteiger partial charge is 0.269 e. The van der Waals surface area contributed by atoms with Gasteiger partial charge in [0.2, 0.25) is 8.03 Å². The fraction of sp³-hybridized carbons (Fsp3) is 0.143. The lowest BCUT2D eigenvalue weighted by Crippen LogP contribution is -1.86. The molecular weight excluding hydrogens is 225 g/mol. The maximum atomic E-state index is 10.6. The summed E-state index contributed by atoms with van der Waals surface area (Å²) >= 11 is 0.959. The lowest BCUT2D eigenvalue weighted by molar-refractivity contribution is -0.384. The quantitative estimate of drug-likeness (QED) is 0.346. The second kappa shape index (κ2) is 5.14. The molecule has 0 bridgehead atoms. The first-order valence-electron chi connectivity index (χ1n) is 3.69. The highest BCUT2D eigenvalue weighted by Gasteiger charge is 2.04. The van der Waals surface area contributed by atoms with Gasteiger partial charge in [0.15, 0.2) is 0 Å². The number of nitrogens with zero attached hydrogens (tertiary/aromatic N) is 1. The third-order valence-corrected chi connectivity index (χ3v) is 3.04. The Morgan fingerprint density at radius 1 is 1.43 bits per heavy atom. The van der Waals surface area contributed by atoms with Crippen LogP contribution >= 0.6 is 20.1 Å². The van der Waals surface area contributed by atoms with Gasteiger partial charge in [0.05, 0.1) is 4.92 Å². The predicted octanol–water partition coefficient (Wildman–Crippen LogP) is 2.72. The van der Waals surface area contributed by atoms with Gasteiger partial charge in [-0.1, -0.05) is 0 Å². The largest absolute Gasteiger partial charge is 0.296 e. The van der Waals surface area contributed by atoms with Gasteiger partial charge in [-0.3, -0.25) is 18.6 Å². The van der Waals surface area contributed by atoms with Gasteiger partial charge in [-0.25, -0.2) is 0 Å². The fourth-order valence-electron chi connectivity index (χ4n) is 0.730. The number of nitro groups is 1. The van der Waals surface area contributed by atoms with Crippen molar-refractivity contribution >= 4 is 25.8 Å². The summed E-state index contributed by atoms with van der Waals surface area (Å²) in [4.78, 5) is 10.5. The monoisotopic (exact) mass is 233 g/mol. The Morgan fingerprint density at radius 3 is 2.43 bits per heavy atom. The zero-order chi connectivity index (χ0) is 10.6. The van der Waals surface area contributed by atoms with Gasteiger partial charge in [-0.15, -0.1) is 0 Å². The molecule has 1 unspecified atom stereocenters. The summed E-state index contributed by atoms with van der Waals surface area (Å²) in [5, 5.41) is 10.3. The lowest BCUT2D eigenvalue weighted by Gasteiger charge is -1.98. The third-order valence-electron chi connectivity index (χ3n) is 1.30. The molecule has 14 heavy (non-hydrogen) atoms. The molecule has 0 aliphatic heterocycles. The van der Waals surface area contributed by atoms with Crippen LogP contribution in [0.1, 0.15) is 0 Å². The minimum absolute atomic E-state index is 0.0264. The molecule has 7 heteroatoms. The molecule has 0 fully saturated rings. The molecule has 0 saturated heterocycles. The summed E-state index contributed by atoms with van der Waals surface area (Å²) in [5.74, 6) is 0. The van der Waals surface area contributed by atoms with Crippen molar-refractivity contribution in [2.45, 2.75) is 4.90 Å². The lowest BCUT2D eigenvalue weighted by atomic mass is 10.3. The van der Waals surface area contributed by atoms with Gasteiger partial charge in [0.1, 0.15) is 0 Å². The standard InChI is InChI=1S/C7H8NO4PS/c1-13(11)12-14-7-4-2-6(3-5-7)8(9)10/h2-5,13H,1H3. The highest BCUT2D eigenvalue weighted by Crippen LogP contribution is 2.31. The van der Waals surface area contributed by atoms with E-state index in [4.69, 9.17) is 3.97 Å². The average molecular weight is 233 g/mol. The Kier molecular flexibility index (Phi) is 4.13. The molecule has 1 rings (SSSR count). The number of non-ortho nitro benzene ring substituents is 1. The van der Waals surface area contributed by atoms with E-state index in [2.05, 4.69) is 0 Å².